The van der Waals surface area contributed by atoms with E-state index in [1.54, 1.807) is 6.07 Å². The number of carbonyl (C=O) groups excluding carboxylic acids is 1. The lowest BCUT2D eigenvalue weighted by Crippen LogP contribution is -2.02. The van der Waals surface area contributed by atoms with E-state index in [2.05, 4.69) is 4.74 Å². The van der Waals surface area contributed by atoms with Crippen molar-refractivity contribution in [3.8, 4) is 5.75 Å². The van der Waals surface area contributed by atoms with Crippen LogP contribution in [-0.4, -0.2) is 24.4 Å². The van der Waals surface area contributed by atoms with E-state index >= 15 is 0 Å². The normalized spacial score (nSPS) is 9.69. The van der Waals surface area contributed by atoms with Crippen molar-refractivity contribution < 1.29 is 14.6 Å². The van der Waals surface area contributed by atoms with Crippen molar-refractivity contribution in [3.63, 3.8) is 0 Å². The van der Waals surface area contributed by atoms with Crippen LogP contribution < -0.4 is 0 Å². The molecule has 1 aromatic rings. The minimum absolute atomic E-state index is 0.150. The number of phenolic OH excluding ortho intramolecular Hbond substituents is 1. The van der Waals surface area contributed by atoms with Crippen molar-refractivity contribution >= 4 is 17.7 Å². The first kappa shape index (κ1) is 9.92. The van der Waals surface area contributed by atoms with Crippen molar-refractivity contribution in [1.29, 1.82) is 0 Å². The summed E-state index contributed by atoms with van der Waals surface area (Å²) in [5.74, 6) is -0.235. The summed E-state index contributed by atoms with van der Waals surface area (Å²) in [6, 6.07) is 4.55. The standard InChI is InChI=1S/C9H10O3S/c1-12-9(11)7-4-3-6(10)5-8(7)13-2/h3-5,10H,1-2H3. The minimum atomic E-state index is -0.385. The van der Waals surface area contributed by atoms with E-state index in [9.17, 15) is 4.79 Å². The second-order valence-corrected chi connectivity index (χ2v) is 3.22. The van der Waals surface area contributed by atoms with Crippen molar-refractivity contribution in [2.75, 3.05) is 13.4 Å². The van der Waals surface area contributed by atoms with E-state index in [1.807, 2.05) is 6.26 Å². The van der Waals surface area contributed by atoms with Crippen LogP contribution in [0, 0.1) is 0 Å². The zero-order chi connectivity index (χ0) is 9.84. The smallest absolute Gasteiger partial charge is 0.338 e. The Morgan fingerprint density at radius 2 is 2.23 bits per heavy atom. The van der Waals surface area contributed by atoms with Crippen LogP contribution in [0.1, 0.15) is 10.4 Å². The first-order valence-electron chi connectivity index (χ1n) is 3.64. The van der Waals surface area contributed by atoms with Crippen molar-refractivity contribution in [1.82, 2.24) is 0 Å². The van der Waals surface area contributed by atoms with Gasteiger partial charge in [0.1, 0.15) is 5.75 Å². The second kappa shape index (κ2) is 4.18. The van der Waals surface area contributed by atoms with Gasteiger partial charge in [-0.05, 0) is 24.5 Å². The molecule has 1 rings (SSSR count). The third-order valence-corrected chi connectivity index (χ3v) is 2.37. The summed E-state index contributed by atoms with van der Waals surface area (Å²) in [6.45, 7) is 0. The summed E-state index contributed by atoms with van der Waals surface area (Å²) in [5, 5.41) is 9.16. The number of esters is 1. The molecular formula is C9H10O3S. The predicted octanol–water partition coefficient (Wildman–Crippen LogP) is 1.90. The third-order valence-electron chi connectivity index (χ3n) is 1.59. The molecule has 3 nitrogen and oxygen atoms in total. The number of methoxy groups -OCH3 is 1. The monoisotopic (exact) mass is 198 g/mol. The Hall–Kier alpha value is -1.16. The number of thioether (sulfide) groups is 1. The van der Waals surface area contributed by atoms with E-state index in [-0.39, 0.29) is 11.7 Å². The SMILES string of the molecule is COC(=O)c1ccc(O)cc1SC. The Kier molecular flexibility index (Phi) is 3.19. The fraction of sp³-hybridized carbons (Fsp3) is 0.222. The Labute approximate surface area is 80.7 Å². The largest absolute Gasteiger partial charge is 0.508 e. The van der Waals surface area contributed by atoms with Gasteiger partial charge in [0.2, 0.25) is 0 Å². The Bertz CT molecular complexity index is 323. The highest BCUT2D eigenvalue weighted by Gasteiger charge is 2.10. The zero-order valence-electron chi connectivity index (χ0n) is 7.40. The molecule has 0 unspecified atom stereocenters. The van der Waals surface area contributed by atoms with Gasteiger partial charge in [-0.25, -0.2) is 4.79 Å². The molecule has 1 N–H and O–H groups in total. The molecule has 0 saturated carbocycles. The van der Waals surface area contributed by atoms with Crippen LogP contribution in [0.2, 0.25) is 0 Å². The molecule has 0 fully saturated rings. The van der Waals surface area contributed by atoms with Gasteiger partial charge in [-0.2, -0.15) is 0 Å². The van der Waals surface area contributed by atoms with Gasteiger partial charge in [-0.3, -0.25) is 0 Å². The quantitative estimate of drug-likeness (QED) is 0.582. The molecule has 0 atom stereocenters. The Morgan fingerprint density at radius 1 is 1.54 bits per heavy atom. The fourth-order valence-electron chi connectivity index (χ4n) is 0.958. The number of benzene rings is 1. The van der Waals surface area contributed by atoms with Gasteiger partial charge in [0, 0.05) is 4.90 Å². The number of hydrogen-bond acceptors (Lipinski definition) is 4. The molecule has 1 aromatic carbocycles. The number of carbonyl (C=O) groups is 1. The minimum Gasteiger partial charge on any atom is -0.508 e. The van der Waals surface area contributed by atoms with Gasteiger partial charge in [0.25, 0.3) is 0 Å². The topological polar surface area (TPSA) is 46.5 Å². The summed E-state index contributed by atoms with van der Waals surface area (Å²) in [6.07, 6.45) is 1.83. The molecule has 0 saturated heterocycles. The van der Waals surface area contributed by atoms with Crippen LogP contribution in [0.5, 0.6) is 5.75 Å². The maximum atomic E-state index is 11.2. The zero-order valence-corrected chi connectivity index (χ0v) is 8.22. The van der Waals surface area contributed by atoms with Crippen LogP contribution in [0.3, 0.4) is 0 Å². The molecule has 0 radical (unpaired) electrons. The fourth-order valence-corrected chi connectivity index (χ4v) is 1.57. The molecule has 70 valence electrons. The van der Waals surface area contributed by atoms with Gasteiger partial charge in [-0.1, -0.05) is 0 Å². The first-order valence-corrected chi connectivity index (χ1v) is 4.87. The first-order chi connectivity index (χ1) is 6.19. The number of hydrogen-bond donors (Lipinski definition) is 1. The van der Waals surface area contributed by atoms with Gasteiger partial charge in [0.05, 0.1) is 12.7 Å². The number of rotatable bonds is 2. The van der Waals surface area contributed by atoms with Gasteiger partial charge in [-0.15, -0.1) is 11.8 Å². The Balaban J connectivity index is 3.13. The number of ether oxygens (including phenoxy) is 1. The maximum Gasteiger partial charge on any atom is 0.338 e. The van der Waals surface area contributed by atoms with Crippen molar-refractivity contribution in [3.05, 3.63) is 23.8 Å². The third kappa shape index (κ3) is 2.15. The molecule has 0 spiro atoms. The van der Waals surface area contributed by atoms with Gasteiger partial charge < -0.3 is 9.84 Å². The lowest BCUT2D eigenvalue weighted by atomic mass is 10.2. The van der Waals surface area contributed by atoms with Gasteiger partial charge >= 0.3 is 5.97 Å². The average molecular weight is 198 g/mol. The molecule has 4 heteroatoms. The summed E-state index contributed by atoms with van der Waals surface area (Å²) < 4.78 is 4.58. The molecule has 0 heterocycles. The van der Waals surface area contributed by atoms with Crippen LogP contribution in [0.15, 0.2) is 23.1 Å². The van der Waals surface area contributed by atoms with E-state index in [0.29, 0.717) is 10.5 Å². The highest BCUT2D eigenvalue weighted by Crippen LogP contribution is 2.25. The van der Waals surface area contributed by atoms with Crippen LogP contribution in [0.25, 0.3) is 0 Å². The summed E-state index contributed by atoms with van der Waals surface area (Å²) in [5.41, 5.74) is 0.479. The molecule has 0 amide bonds. The molecule has 13 heavy (non-hydrogen) atoms. The van der Waals surface area contributed by atoms with Crippen LogP contribution >= 0.6 is 11.8 Å². The number of aromatic hydroxyl groups is 1. The molecule has 0 bridgehead atoms. The average Bonchev–Trinajstić information content (AvgIpc) is 2.16. The summed E-state index contributed by atoms with van der Waals surface area (Å²) in [4.78, 5) is 11.9. The molecule has 0 aromatic heterocycles. The maximum absolute atomic E-state index is 11.2. The van der Waals surface area contributed by atoms with Crippen LogP contribution in [0.4, 0.5) is 0 Å². The van der Waals surface area contributed by atoms with Gasteiger partial charge in [0.15, 0.2) is 0 Å². The lowest BCUT2D eigenvalue weighted by Gasteiger charge is -2.04. The summed E-state index contributed by atoms with van der Waals surface area (Å²) in [7, 11) is 1.33. The highest BCUT2D eigenvalue weighted by molar-refractivity contribution is 7.98. The molecular weight excluding hydrogens is 188 g/mol. The number of phenols is 1. The van der Waals surface area contributed by atoms with E-state index in [0.717, 1.165) is 0 Å². The van der Waals surface area contributed by atoms with Crippen LogP contribution in [-0.2, 0) is 4.74 Å². The van der Waals surface area contributed by atoms with Crippen molar-refractivity contribution in [2.24, 2.45) is 0 Å². The van der Waals surface area contributed by atoms with Crippen molar-refractivity contribution in [2.45, 2.75) is 4.90 Å². The van der Waals surface area contributed by atoms with E-state index < -0.39 is 0 Å². The van der Waals surface area contributed by atoms with E-state index in [4.69, 9.17) is 5.11 Å². The molecule has 0 aliphatic rings. The predicted molar refractivity (Wildman–Crippen MR) is 51.2 cm³/mol. The molecule has 0 aliphatic carbocycles. The molecule has 0 aliphatic heterocycles. The lowest BCUT2D eigenvalue weighted by molar-refractivity contribution is 0.0597. The Morgan fingerprint density at radius 3 is 2.77 bits per heavy atom. The van der Waals surface area contributed by atoms with E-state index in [1.165, 1.54) is 31.0 Å². The second-order valence-electron chi connectivity index (χ2n) is 2.38. The highest BCUT2D eigenvalue weighted by atomic mass is 32.2. The summed E-state index contributed by atoms with van der Waals surface area (Å²) >= 11 is 1.39.